The van der Waals surface area contributed by atoms with Gasteiger partial charge in [-0.15, -0.1) is 0 Å². The smallest absolute Gasteiger partial charge is 0.326 e. The van der Waals surface area contributed by atoms with Crippen molar-refractivity contribution in [3.8, 4) is 0 Å². The van der Waals surface area contributed by atoms with Crippen molar-refractivity contribution in [3.05, 3.63) is 30.1 Å². The van der Waals surface area contributed by atoms with Gasteiger partial charge >= 0.3 is 12.0 Å². The number of carboxylic acids is 1. The second-order valence-electron chi connectivity index (χ2n) is 3.94. The number of carbonyl (C=O) groups excluding carboxylic acids is 1. The summed E-state index contributed by atoms with van der Waals surface area (Å²) in [6.07, 6.45) is 0. The number of amides is 2. The van der Waals surface area contributed by atoms with Crippen LogP contribution in [0.25, 0.3) is 0 Å². The van der Waals surface area contributed by atoms with Crippen LogP contribution in [-0.2, 0) is 4.79 Å². The highest BCUT2D eigenvalue weighted by atomic mass is 19.1. The van der Waals surface area contributed by atoms with E-state index in [1.807, 2.05) is 0 Å². The van der Waals surface area contributed by atoms with Gasteiger partial charge in [-0.3, -0.25) is 4.90 Å². The quantitative estimate of drug-likeness (QED) is 0.894. The standard InChI is InChI=1S/C12H15FN2O3/c1-8(11(16)17)14(2)12(18)15(3)10-6-4-9(13)5-7-10/h4-8H,1-3H3,(H,16,17). The van der Waals surface area contributed by atoms with Crippen molar-refractivity contribution in [1.29, 1.82) is 0 Å². The molecule has 0 aromatic heterocycles. The fraction of sp³-hybridized carbons (Fsp3) is 0.333. The molecule has 0 saturated heterocycles. The Morgan fingerprint density at radius 1 is 1.22 bits per heavy atom. The molecule has 6 heteroatoms. The summed E-state index contributed by atoms with van der Waals surface area (Å²) in [5.74, 6) is -1.48. The van der Waals surface area contributed by atoms with Gasteiger partial charge in [0.15, 0.2) is 0 Å². The number of hydrogen-bond donors (Lipinski definition) is 1. The third-order valence-corrected chi connectivity index (χ3v) is 2.74. The van der Waals surface area contributed by atoms with E-state index < -0.39 is 23.9 Å². The summed E-state index contributed by atoms with van der Waals surface area (Å²) in [6.45, 7) is 1.42. The van der Waals surface area contributed by atoms with Crippen molar-refractivity contribution in [2.75, 3.05) is 19.0 Å². The van der Waals surface area contributed by atoms with Crippen LogP contribution in [0.2, 0.25) is 0 Å². The first-order valence-corrected chi connectivity index (χ1v) is 5.33. The Labute approximate surface area is 104 Å². The van der Waals surface area contributed by atoms with Gasteiger partial charge in [0.2, 0.25) is 0 Å². The van der Waals surface area contributed by atoms with E-state index >= 15 is 0 Å². The van der Waals surface area contributed by atoms with Gasteiger partial charge in [0.25, 0.3) is 0 Å². The number of anilines is 1. The molecule has 0 heterocycles. The Hall–Kier alpha value is -2.11. The molecular weight excluding hydrogens is 239 g/mol. The minimum absolute atomic E-state index is 0.396. The molecule has 0 aliphatic rings. The lowest BCUT2D eigenvalue weighted by molar-refractivity contribution is -0.141. The average molecular weight is 254 g/mol. The van der Waals surface area contributed by atoms with Gasteiger partial charge in [0.1, 0.15) is 11.9 Å². The lowest BCUT2D eigenvalue weighted by Crippen LogP contribution is -2.46. The number of hydrogen-bond acceptors (Lipinski definition) is 2. The van der Waals surface area contributed by atoms with Crippen molar-refractivity contribution in [2.45, 2.75) is 13.0 Å². The Kier molecular flexibility index (Phi) is 4.25. The van der Waals surface area contributed by atoms with Gasteiger partial charge in [-0.2, -0.15) is 0 Å². The zero-order valence-corrected chi connectivity index (χ0v) is 10.4. The number of benzene rings is 1. The molecule has 1 rings (SSSR count). The van der Waals surface area contributed by atoms with Crippen LogP contribution in [0.15, 0.2) is 24.3 Å². The van der Waals surface area contributed by atoms with Gasteiger partial charge in [-0.1, -0.05) is 0 Å². The first-order chi connectivity index (χ1) is 8.34. The highest BCUT2D eigenvalue weighted by Crippen LogP contribution is 2.15. The van der Waals surface area contributed by atoms with Gasteiger partial charge in [0.05, 0.1) is 0 Å². The highest BCUT2D eigenvalue weighted by molar-refractivity contribution is 5.93. The topological polar surface area (TPSA) is 60.9 Å². The van der Waals surface area contributed by atoms with Crippen LogP contribution in [0.3, 0.4) is 0 Å². The van der Waals surface area contributed by atoms with Crippen molar-refractivity contribution in [3.63, 3.8) is 0 Å². The molecule has 98 valence electrons. The fourth-order valence-corrected chi connectivity index (χ4v) is 1.34. The fourth-order valence-electron chi connectivity index (χ4n) is 1.34. The zero-order chi connectivity index (χ0) is 13.9. The molecule has 5 nitrogen and oxygen atoms in total. The monoisotopic (exact) mass is 254 g/mol. The first kappa shape index (κ1) is 14.0. The van der Waals surface area contributed by atoms with E-state index in [2.05, 4.69) is 0 Å². The molecule has 0 radical (unpaired) electrons. The largest absolute Gasteiger partial charge is 0.480 e. The van der Waals surface area contributed by atoms with E-state index in [0.29, 0.717) is 5.69 Å². The zero-order valence-electron chi connectivity index (χ0n) is 10.4. The highest BCUT2D eigenvalue weighted by Gasteiger charge is 2.24. The lowest BCUT2D eigenvalue weighted by atomic mass is 10.3. The molecule has 0 spiro atoms. The summed E-state index contributed by atoms with van der Waals surface area (Å²) in [7, 11) is 2.90. The van der Waals surface area contributed by atoms with Gasteiger partial charge in [0, 0.05) is 19.8 Å². The number of likely N-dealkylation sites (N-methyl/N-ethyl adjacent to an activating group) is 1. The maximum atomic E-state index is 12.8. The van der Waals surface area contributed by atoms with Crippen LogP contribution in [0, 0.1) is 5.82 Å². The summed E-state index contributed by atoms with van der Waals surface area (Å²) in [6, 6.07) is 3.97. The summed E-state index contributed by atoms with van der Waals surface area (Å²) in [5.41, 5.74) is 0.492. The molecule has 1 unspecified atom stereocenters. The van der Waals surface area contributed by atoms with Crippen molar-refractivity contribution in [2.24, 2.45) is 0 Å². The molecule has 0 aliphatic heterocycles. The first-order valence-electron chi connectivity index (χ1n) is 5.33. The van der Waals surface area contributed by atoms with Crippen LogP contribution in [0.1, 0.15) is 6.92 Å². The Balaban J connectivity index is 2.84. The SMILES string of the molecule is CC(C(=O)O)N(C)C(=O)N(C)c1ccc(F)cc1. The molecule has 1 aromatic carbocycles. The predicted octanol–water partition coefficient (Wildman–Crippen LogP) is 1.79. The average Bonchev–Trinajstić information content (AvgIpc) is 2.36. The Morgan fingerprint density at radius 3 is 2.17 bits per heavy atom. The molecule has 1 atom stereocenters. The molecule has 1 aromatic rings. The number of rotatable bonds is 3. The van der Waals surface area contributed by atoms with Gasteiger partial charge < -0.3 is 10.0 Å². The summed E-state index contributed by atoms with van der Waals surface area (Å²) in [5, 5.41) is 8.83. The van der Waals surface area contributed by atoms with Crippen molar-refractivity contribution >= 4 is 17.7 Å². The maximum absolute atomic E-state index is 12.8. The van der Waals surface area contributed by atoms with Gasteiger partial charge in [-0.25, -0.2) is 14.0 Å². The van der Waals surface area contributed by atoms with E-state index in [1.54, 1.807) is 0 Å². The minimum Gasteiger partial charge on any atom is -0.480 e. The van der Waals surface area contributed by atoms with Crippen molar-refractivity contribution < 1.29 is 19.1 Å². The second-order valence-corrected chi connectivity index (χ2v) is 3.94. The van der Waals surface area contributed by atoms with E-state index in [4.69, 9.17) is 5.11 Å². The number of nitrogens with zero attached hydrogens (tertiary/aromatic N) is 2. The normalized spacial score (nSPS) is 11.8. The van der Waals surface area contributed by atoms with Crippen LogP contribution in [0.4, 0.5) is 14.9 Å². The van der Waals surface area contributed by atoms with Crippen molar-refractivity contribution in [1.82, 2.24) is 4.90 Å². The minimum atomic E-state index is -1.08. The molecule has 2 amide bonds. The van der Waals surface area contributed by atoms with E-state index in [1.165, 1.54) is 50.2 Å². The number of halogens is 1. The second kappa shape index (κ2) is 5.48. The summed E-state index contributed by atoms with van der Waals surface area (Å²) < 4.78 is 12.8. The number of carboxylic acid groups (broad SMARTS) is 1. The lowest BCUT2D eigenvalue weighted by Gasteiger charge is -2.27. The van der Waals surface area contributed by atoms with E-state index in [0.717, 1.165) is 4.90 Å². The predicted molar refractivity (Wildman–Crippen MR) is 65.1 cm³/mol. The molecular formula is C12H15FN2O3. The van der Waals surface area contributed by atoms with Gasteiger partial charge in [-0.05, 0) is 31.2 Å². The van der Waals surface area contributed by atoms with Crippen LogP contribution < -0.4 is 4.90 Å². The van der Waals surface area contributed by atoms with Crippen LogP contribution in [0.5, 0.6) is 0 Å². The summed E-state index contributed by atoms with van der Waals surface area (Å²) >= 11 is 0. The Bertz CT molecular complexity index is 447. The third kappa shape index (κ3) is 2.97. The molecule has 0 saturated carbocycles. The number of urea groups is 1. The number of carbonyl (C=O) groups is 2. The molecule has 0 fully saturated rings. The molecule has 1 N–H and O–H groups in total. The van der Waals surface area contributed by atoms with E-state index in [-0.39, 0.29) is 0 Å². The van der Waals surface area contributed by atoms with Crippen LogP contribution >= 0.6 is 0 Å². The molecule has 0 bridgehead atoms. The molecule has 0 aliphatic carbocycles. The molecule has 18 heavy (non-hydrogen) atoms. The maximum Gasteiger partial charge on any atom is 0.326 e. The number of aliphatic carboxylic acids is 1. The Morgan fingerprint density at radius 2 is 1.72 bits per heavy atom. The summed E-state index contributed by atoms with van der Waals surface area (Å²) in [4.78, 5) is 25.1. The third-order valence-electron chi connectivity index (χ3n) is 2.74. The van der Waals surface area contributed by atoms with Crippen LogP contribution in [-0.4, -0.2) is 42.1 Å². The van der Waals surface area contributed by atoms with E-state index in [9.17, 15) is 14.0 Å².